The number of methoxy groups -OCH3 is 1. The third-order valence-electron chi connectivity index (χ3n) is 1.33. The summed E-state index contributed by atoms with van der Waals surface area (Å²) >= 11 is 0. The molecule has 0 saturated heterocycles. The van der Waals surface area contributed by atoms with Gasteiger partial charge in [-0.2, -0.15) is 0 Å². The molecule has 1 radical (unpaired) electrons. The molecule has 3 heteroatoms. The predicted octanol–water partition coefficient (Wildman–Crippen LogP) is 1.55. The van der Waals surface area contributed by atoms with E-state index < -0.39 is 0 Å². The molecule has 11 heavy (non-hydrogen) atoms. The Morgan fingerprint density at radius 2 is 2.45 bits per heavy atom. The zero-order chi connectivity index (χ0) is 8.27. The monoisotopic (exact) mass is 154 g/mol. The minimum absolute atomic E-state index is 0.351. The number of hydrogen-bond acceptors (Lipinski definition) is 2. The standard InChI is InChI=1S/C8H9FNO/c1-6-7(5-11-2)3-8(9)4-10-6/h3-4H,1,5H2,2H3. The van der Waals surface area contributed by atoms with E-state index in [0.717, 1.165) is 6.20 Å². The number of hydrogen-bond donors (Lipinski definition) is 0. The molecule has 0 aliphatic carbocycles. The van der Waals surface area contributed by atoms with E-state index in [1.807, 2.05) is 0 Å². The minimum atomic E-state index is -0.357. The van der Waals surface area contributed by atoms with Crippen molar-refractivity contribution in [1.82, 2.24) is 4.98 Å². The number of pyridine rings is 1. The number of nitrogens with zero attached hydrogens (tertiary/aromatic N) is 1. The van der Waals surface area contributed by atoms with Crippen molar-refractivity contribution in [3.8, 4) is 0 Å². The highest BCUT2D eigenvalue weighted by Gasteiger charge is 1.99. The van der Waals surface area contributed by atoms with Gasteiger partial charge in [-0.15, -0.1) is 0 Å². The summed E-state index contributed by atoms with van der Waals surface area (Å²) in [6, 6.07) is 1.37. The largest absolute Gasteiger partial charge is 0.380 e. The van der Waals surface area contributed by atoms with Gasteiger partial charge in [0.2, 0.25) is 0 Å². The van der Waals surface area contributed by atoms with Gasteiger partial charge in [-0.05, 0) is 13.0 Å². The lowest BCUT2D eigenvalue weighted by Crippen LogP contribution is -1.95. The number of halogens is 1. The lowest BCUT2D eigenvalue weighted by molar-refractivity contribution is 0.184. The first-order valence-corrected chi connectivity index (χ1v) is 3.19. The summed E-state index contributed by atoms with van der Waals surface area (Å²) in [6.45, 7) is 3.97. The van der Waals surface area contributed by atoms with E-state index in [1.54, 1.807) is 7.11 Å². The first-order chi connectivity index (χ1) is 5.24. The minimum Gasteiger partial charge on any atom is -0.380 e. The lowest BCUT2D eigenvalue weighted by Gasteiger charge is -2.01. The highest BCUT2D eigenvalue weighted by atomic mass is 19.1. The number of ether oxygens (including phenoxy) is 1. The average Bonchev–Trinajstić information content (AvgIpc) is 1.98. The molecule has 1 aromatic heterocycles. The Balaban J connectivity index is 2.93. The van der Waals surface area contributed by atoms with Crippen molar-refractivity contribution in [1.29, 1.82) is 0 Å². The van der Waals surface area contributed by atoms with Gasteiger partial charge in [0.15, 0.2) is 0 Å². The molecule has 0 atom stereocenters. The highest BCUT2D eigenvalue weighted by molar-refractivity contribution is 5.21. The first-order valence-electron chi connectivity index (χ1n) is 3.19. The molecule has 0 aliphatic rings. The fourth-order valence-electron chi connectivity index (χ4n) is 0.790. The predicted molar refractivity (Wildman–Crippen MR) is 39.4 cm³/mol. The average molecular weight is 154 g/mol. The van der Waals surface area contributed by atoms with Crippen LogP contribution in [0, 0.1) is 12.7 Å². The smallest absolute Gasteiger partial charge is 0.141 e. The molecule has 2 nitrogen and oxygen atoms in total. The number of rotatable bonds is 2. The van der Waals surface area contributed by atoms with E-state index >= 15 is 0 Å². The van der Waals surface area contributed by atoms with Gasteiger partial charge in [-0.1, -0.05) is 0 Å². The Morgan fingerprint density at radius 1 is 1.73 bits per heavy atom. The molecule has 0 fully saturated rings. The highest BCUT2D eigenvalue weighted by Crippen LogP contribution is 2.07. The van der Waals surface area contributed by atoms with Crippen molar-refractivity contribution in [3.05, 3.63) is 36.3 Å². The summed E-state index contributed by atoms with van der Waals surface area (Å²) in [5, 5.41) is 0. The van der Waals surface area contributed by atoms with Crippen molar-refractivity contribution in [2.24, 2.45) is 0 Å². The van der Waals surface area contributed by atoms with E-state index in [9.17, 15) is 4.39 Å². The van der Waals surface area contributed by atoms with Crippen molar-refractivity contribution in [2.45, 2.75) is 6.61 Å². The van der Waals surface area contributed by atoms with Gasteiger partial charge >= 0.3 is 0 Å². The summed E-state index contributed by atoms with van der Waals surface area (Å²) in [7, 11) is 1.55. The molecule has 1 aromatic rings. The van der Waals surface area contributed by atoms with Crippen molar-refractivity contribution >= 4 is 0 Å². The molecule has 0 aromatic carbocycles. The van der Waals surface area contributed by atoms with Gasteiger partial charge < -0.3 is 4.74 Å². The molecule has 0 N–H and O–H groups in total. The van der Waals surface area contributed by atoms with Crippen LogP contribution in [0.15, 0.2) is 12.3 Å². The Morgan fingerprint density at radius 3 is 3.09 bits per heavy atom. The molecule has 0 unspecified atom stereocenters. The first kappa shape index (κ1) is 8.14. The Bertz CT molecular complexity index is 250. The zero-order valence-corrected chi connectivity index (χ0v) is 6.30. The quantitative estimate of drug-likeness (QED) is 0.644. The van der Waals surface area contributed by atoms with Gasteiger partial charge in [-0.3, -0.25) is 4.98 Å². The number of aromatic nitrogens is 1. The maximum absolute atomic E-state index is 12.5. The van der Waals surface area contributed by atoms with Crippen molar-refractivity contribution < 1.29 is 9.13 Å². The summed E-state index contributed by atoms with van der Waals surface area (Å²) in [6.07, 6.45) is 1.14. The summed E-state index contributed by atoms with van der Waals surface area (Å²) in [5.41, 5.74) is 1.25. The van der Waals surface area contributed by atoms with E-state index in [4.69, 9.17) is 4.74 Å². The van der Waals surface area contributed by atoms with Crippen LogP contribution in [0.3, 0.4) is 0 Å². The van der Waals surface area contributed by atoms with Crippen LogP contribution in [0.4, 0.5) is 4.39 Å². The fraction of sp³-hybridized carbons (Fsp3) is 0.250. The van der Waals surface area contributed by atoms with Crippen LogP contribution in [0.5, 0.6) is 0 Å². The third kappa shape index (κ3) is 1.98. The van der Waals surface area contributed by atoms with Crippen LogP contribution >= 0.6 is 0 Å². The van der Waals surface area contributed by atoms with Crippen molar-refractivity contribution in [2.75, 3.05) is 7.11 Å². The molecule has 1 heterocycles. The van der Waals surface area contributed by atoms with Crippen LogP contribution < -0.4 is 0 Å². The summed E-state index contributed by atoms with van der Waals surface area (Å²) in [4.78, 5) is 3.73. The van der Waals surface area contributed by atoms with E-state index in [0.29, 0.717) is 17.9 Å². The normalized spacial score (nSPS) is 10.1. The van der Waals surface area contributed by atoms with Gasteiger partial charge in [-0.25, -0.2) is 4.39 Å². The van der Waals surface area contributed by atoms with Gasteiger partial charge in [0.1, 0.15) is 5.82 Å². The zero-order valence-electron chi connectivity index (χ0n) is 6.30. The van der Waals surface area contributed by atoms with E-state index in [2.05, 4.69) is 11.9 Å². The molecule has 0 aliphatic heterocycles. The molecule has 0 spiro atoms. The van der Waals surface area contributed by atoms with E-state index in [1.165, 1.54) is 6.07 Å². The maximum atomic E-state index is 12.5. The summed E-state index contributed by atoms with van der Waals surface area (Å²) in [5.74, 6) is -0.357. The van der Waals surface area contributed by atoms with Crippen LogP contribution in [-0.4, -0.2) is 12.1 Å². The Labute approximate surface area is 65.0 Å². The van der Waals surface area contributed by atoms with Crippen LogP contribution in [0.25, 0.3) is 0 Å². The fourth-order valence-corrected chi connectivity index (χ4v) is 0.790. The topological polar surface area (TPSA) is 22.1 Å². The summed E-state index contributed by atoms with van der Waals surface area (Å²) < 4.78 is 17.3. The maximum Gasteiger partial charge on any atom is 0.141 e. The molecule has 59 valence electrons. The third-order valence-corrected chi connectivity index (χ3v) is 1.33. The molecule has 0 amide bonds. The second-order valence-electron chi connectivity index (χ2n) is 2.19. The van der Waals surface area contributed by atoms with E-state index in [-0.39, 0.29) is 5.82 Å². The van der Waals surface area contributed by atoms with Gasteiger partial charge in [0, 0.05) is 18.4 Å². The molecule has 0 bridgehead atoms. The SMILES string of the molecule is [CH2]c1ncc(F)cc1COC. The second kappa shape index (κ2) is 3.44. The van der Waals surface area contributed by atoms with Crippen LogP contribution in [-0.2, 0) is 11.3 Å². The van der Waals surface area contributed by atoms with Gasteiger partial charge in [0.25, 0.3) is 0 Å². The van der Waals surface area contributed by atoms with Crippen LogP contribution in [0.1, 0.15) is 11.3 Å². The van der Waals surface area contributed by atoms with Crippen LogP contribution in [0.2, 0.25) is 0 Å². The van der Waals surface area contributed by atoms with Gasteiger partial charge in [0.05, 0.1) is 12.8 Å². The molecular formula is C8H9FNO. The molecule has 1 rings (SSSR count). The molecule has 0 saturated carbocycles. The second-order valence-corrected chi connectivity index (χ2v) is 2.19. The van der Waals surface area contributed by atoms with Crippen molar-refractivity contribution in [3.63, 3.8) is 0 Å². The molecular weight excluding hydrogens is 145 g/mol. The Kier molecular flexibility index (Phi) is 2.54. The Hall–Kier alpha value is -0.960. The lowest BCUT2D eigenvalue weighted by atomic mass is 10.2.